The molecule has 0 spiro atoms. The molecule has 144 valence electrons. The third kappa shape index (κ3) is 4.15. The minimum Gasteiger partial charge on any atom is -0.345 e. The van der Waals surface area contributed by atoms with E-state index >= 15 is 0 Å². The summed E-state index contributed by atoms with van der Waals surface area (Å²) in [6.45, 7) is 0. The summed E-state index contributed by atoms with van der Waals surface area (Å²) in [5.74, 6) is 0. The minimum absolute atomic E-state index is 0.226. The minimum atomic E-state index is -3.48. The predicted octanol–water partition coefficient (Wildman–Crippen LogP) is 3.64. The average Bonchev–Trinajstić information content (AvgIpc) is 2.67. The summed E-state index contributed by atoms with van der Waals surface area (Å²) < 4.78 is 25.9. The van der Waals surface area contributed by atoms with E-state index in [4.69, 9.17) is 12.2 Å². The van der Waals surface area contributed by atoms with Crippen molar-refractivity contribution in [3.63, 3.8) is 0 Å². The van der Waals surface area contributed by atoms with Crippen molar-refractivity contribution in [2.45, 2.75) is 30.2 Å². The third-order valence-corrected chi connectivity index (χ3v) is 7.19. The van der Waals surface area contributed by atoms with E-state index in [1.807, 2.05) is 13.1 Å². The Morgan fingerprint density at radius 3 is 2.59 bits per heavy atom. The van der Waals surface area contributed by atoms with Gasteiger partial charge in [-0.25, -0.2) is 12.7 Å². The number of nitrogens with one attached hydrogen (secondary N) is 1. The molecule has 5 nitrogen and oxygen atoms in total. The molecule has 1 atom stereocenters. The van der Waals surface area contributed by atoms with E-state index in [9.17, 15) is 8.42 Å². The van der Waals surface area contributed by atoms with Crippen LogP contribution in [0.15, 0.2) is 53.4 Å². The molecule has 27 heavy (non-hydrogen) atoms. The van der Waals surface area contributed by atoms with Crippen molar-refractivity contribution >= 4 is 33.0 Å². The zero-order valence-corrected chi connectivity index (χ0v) is 17.5. The normalized spacial score (nSPS) is 16.7. The lowest BCUT2D eigenvalue weighted by Gasteiger charge is -2.35. The van der Waals surface area contributed by atoms with Crippen LogP contribution in [0.2, 0.25) is 0 Å². The Kier molecular flexibility index (Phi) is 5.83. The predicted molar refractivity (Wildman–Crippen MR) is 113 cm³/mol. The molecule has 1 aliphatic carbocycles. The molecule has 2 aromatic carbocycles. The Bertz CT molecular complexity index is 942. The van der Waals surface area contributed by atoms with Crippen LogP contribution in [0.25, 0.3) is 0 Å². The molecule has 7 heteroatoms. The highest BCUT2D eigenvalue weighted by Gasteiger charge is 2.25. The quantitative estimate of drug-likeness (QED) is 0.790. The van der Waals surface area contributed by atoms with E-state index in [0.29, 0.717) is 10.8 Å². The molecule has 1 aliphatic rings. The molecular weight excluding hydrogens is 378 g/mol. The maximum atomic E-state index is 12.3. The van der Waals surface area contributed by atoms with Gasteiger partial charge in [0.1, 0.15) is 0 Å². The first-order valence-electron chi connectivity index (χ1n) is 8.95. The second-order valence-corrected chi connectivity index (χ2v) is 9.50. The fourth-order valence-corrected chi connectivity index (χ4v) is 4.62. The smallest absolute Gasteiger partial charge is 0.242 e. The Morgan fingerprint density at radius 1 is 1.11 bits per heavy atom. The van der Waals surface area contributed by atoms with Crippen LogP contribution in [-0.4, -0.2) is 43.9 Å². The maximum Gasteiger partial charge on any atom is 0.242 e. The van der Waals surface area contributed by atoms with Crippen LogP contribution in [0.3, 0.4) is 0 Å². The van der Waals surface area contributed by atoms with Crippen molar-refractivity contribution in [2.24, 2.45) is 0 Å². The van der Waals surface area contributed by atoms with Crippen molar-refractivity contribution in [3.05, 3.63) is 59.7 Å². The van der Waals surface area contributed by atoms with Crippen molar-refractivity contribution in [2.75, 3.05) is 26.5 Å². The average molecular weight is 404 g/mol. The van der Waals surface area contributed by atoms with Gasteiger partial charge in [0.05, 0.1) is 10.9 Å². The number of aryl methyl sites for hydroxylation is 1. The van der Waals surface area contributed by atoms with Crippen molar-refractivity contribution in [1.82, 2.24) is 9.21 Å². The molecular formula is C20H25N3O2S2. The van der Waals surface area contributed by atoms with Gasteiger partial charge in [0, 0.05) is 26.8 Å². The van der Waals surface area contributed by atoms with Crippen LogP contribution in [-0.2, 0) is 16.4 Å². The van der Waals surface area contributed by atoms with Crippen LogP contribution < -0.4 is 5.32 Å². The van der Waals surface area contributed by atoms with E-state index in [1.165, 1.54) is 29.5 Å². The highest BCUT2D eigenvalue weighted by atomic mass is 32.2. The lowest BCUT2D eigenvalue weighted by molar-refractivity contribution is 0.336. The molecule has 1 N–H and O–H groups in total. The lowest BCUT2D eigenvalue weighted by atomic mass is 9.87. The van der Waals surface area contributed by atoms with E-state index in [2.05, 4.69) is 34.5 Å². The molecule has 0 unspecified atom stereocenters. The number of anilines is 1. The number of sulfonamides is 1. The number of fused-ring (bicyclic) bond motifs is 1. The van der Waals surface area contributed by atoms with Gasteiger partial charge >= 0.3 is 0 Å². The Labute approximate surface area is 167 Å². The molecule has 0 amide bonds. The van der Waals surface area contributed by atoms with Crippen molar-refractivity contribution in [1.29, 1.82) is 0 Å². The second-order valence-electron chi connectivity index (χ2n) is 6.96. The summed E-state index contributed by atoms with van der Waals surface area (Å²) in [7, 11) is 1.55. The monoisotopic (exact) mass is 403 g/mol. The van der Waals surface area contributed by atoms with Gasteiger partial charge < -0.3 is 10.2 Å². The standard InChI is InChI=1S/C20H25N3O2S2/c1-22(2)27(24,25)17-11-7-10-16(14-17)21-20(26)23(3)19-13-6-9-15-8-4-5-12-18(15)19/h4-5,7-8,10-12,14,19H,6,9,13H2,1-3H3,(H,21,26)/t19-/m1/s1. The summed E-state index contributed by atoms with van der Waals surface area (Å²) in [4.78, 5) is 2.31. The van der Waals surface area contributed by atoms with Gasteiger partial charge in [-0.2, -0.15) is 0 Å². The topological polar surface area (TPSA) is 52.7 Å². The first-order valence-corrected chi connectivity index (χ1v) is 10.8. The first-order chi connectivity index (χ1) is 12.8. The van der Waals surface area contributed by atoms with E-state index in [-0.39, 0.29) is 10.9 Å². The molecule has 0 heterocycles. The molecule has 0 saturated heterocycles. The number of benzene rings is 2. The van der Waals surface area contributed by atoms with E-state index in [1.54, 1.807) is 18.2 Å². The van der Waals surface area contributed by atoms with Crippen LogP contribution in [0, 0.1) is 0 Å². The number of nitrogens with zero attached hydrogens (tertiary/aromatic N) is 2. The number of rotatable bonds is 4. The zero-order chi connectivity index (χ0) is 19.6. The molecule has 0 fully saturated rings. The molecule has 3 rings (SSSR count). The van der Waals surface area contributed by atoms with Gasteiger partial charge in [-0.1, -0.05) is 30.3 Å². The summed E-state index contributed by atoms with van der Waals surface area (Å²) in [5.41, 5.74) is 3.36. The van der Waals surface area contributed by atoms with E-state index < -0.39 is 10.0 Å². The maximum absolute atomic E-state index is 12.3. The van der Waals surface area contributed by atoms with Crippen LogP contribution in [0.1, 0.15) is 30.0 Å². The van der Waals surface area contributed by atoms with Crippen LogP contribution >= 0.6 is 12.2 Å². The first kappa shape index (κ1) is 19.8. The summed E-state index contributed by atoms with van der Waals surface area (Å²) >= 11 is 5.61. The van der Waals surface area contributed by atoms with Gasteiger partial charge in [-0.05, 0) is 60.8 Å². The van der Waals surface area contributed by atoms with Gasteiger partial charge in [-0.15, -0.1) is 0 Å². The molecule has 0 radical (unpaired) electrons. The molecule has 0 bridgehead atoms. The molecule has 0 saturated carbocycles. The highest BCUT2D eigenvalue weighted by Crippen LogP contribution is 2.33. The Morgan fingerprint density at radius 2 is 1.85 bits per heavy atom. The third-order valence-electron chi connectivity index (χ3n) is 4.99. The molecule has 2 aromatic rings. The SMILES string of the molecule is CN(C(=S)Nc1cccc(S(=O)(=O)N(C)C)c1)[C@@H]1CCCc2ccccc21. The largest absolute Gasteiger partial charge is 0.345 e. The fraction of sp³-hybridized carbons (Fsp3) is 0.350. The molecule has 0 aliphatic heterocycles. The fourth-order valence-electron chi connectivity index (χ4n) is 3.43. The lowest BCUT2D eigenvalue weighted by Crippen LogP contribution is -2.36. The van der Waals surface area contributed by atoms with Crippen LogP contribution in [0.5, 0.6) is 0 Å². The van der Waals surface area contributed by atoms with Gasteiger partial charge in [0.2, 0.25) is 10.0 Å². The highest BCUT2D eigenvalue weighted by molar-refractivity contribution is 7.89. The number of thiocarbonyl (C=S) groups is 1. The number of hydrogen-bond acceptors (Lipinski definition) is 3. The molecule has 0 aromatic heterocycles. The number of hydrogen-bond donors (Lipinski definition) is 1. The second kappa shape index (κ2) is 7.96. The Hall–Kier alpha value is -1.96. The van der Waals surface area contributed by atoms with Gasteiger partial charge in [-0.3, -0.25) is 0 Å². The van der Waals surface area contributed by atoms with E-state index in [0.717, 1.165) is 19.3 Å². The van der Waals surface area contributed by atoms with Crippen LogP contribution in [0.4, 0.5) is 5.69 Å². The summed E-state index contributed by atoms with van der Waals surface area (Å²) in [5, 5.41) is 3.78. The van der Waals surface area contributed by atoms with Crippen molar-refractivity contribution < 1.29 is 8.42 Å². The Balaban J connectivity index is 1.79. The van der Waals surface area contributed by atoms with Crippen molar-refractivity contribution in [3.8, 4) is 0 Å². The zero-order valence-electron chi connectivity index (χ0n) is 15.8. The van der Waals surface area contributed by atoms with Gasteiger partial charge in [0.15, 0.2) is 5.11 Å². The summed E-state index contributed by atoms with van der Waals surface area (Å²) in [6.07, 6.45) is 3.28. The van der Waals surface area contributed by atoms with Gasteiger partial charge in [0.25, 0.3) is 0 Å². The summed E-state index contributed by atoms with van der Waals surface area (Å²) in [6, 6.07) is 15.5.